The van der Waals surface area contributed by atoms with Gasteiger partial charge in [-0.1, -0.05) is 73.6 Å². The van der Waals surface area contributed by atoms with E-state index in [1.165, 1.54) is 4.90 Å². The van der Waals surface area contributed by atoms with E-state index in [1.54, 1.807) is 14.1 Å². The summed E-state index contributed by atoms with van der Waals surface area (Å²) in [5.74, 6) is -1.87. The zero-order chi connectivity index (χ0) is 31.7. The number of aromatic amines is 1. The Kier molecular flexibility index (Phi) is 13.0. The van der Waals surface area contributed by atoms with Crippen molar-refractivity contribution in [2.75, 3.05) is 20.6 Å². The topological polar surface area (TPSA) is 135 Å². The number of nitrogens with zero attached hydrogens (tertiary/aromatic N) is 1. The van der Waals surface area contributed by atoms with Crippen LogP contribution in [0.1, 0.15) is 61.0 Å². The molecular weight excluding hydrogens is 532 g/mol. The van der Waals surface area contributed by atoms with Crippen molar-refractivity contribution in [1.29, 1.82) is 0 Å². The van der Waals surface area contributed by atoms with E-state index in [0.29, 0.717) is 13.0 Å². The van der Waals surface area contributed by atoms with Gasteiger partial charge in [-0.25, -0.2) is 0 Å². The molecule has 2 rings (SSSR count). The fourth-order valence-corrected chi connectivity index (χ4v) is 5.35. The van der Waals surface area contributed by atoms with Crippen LogP contribution in [-0.2, 0) is 25.6 Å². The zero-order valence-corrected chi connectivity index (χ0v) is 27.0. The molecule has 2 aromatic rings. The normalized spacial score (nSPS) is 14.6. The van der Waals surface area contributed by atoms with Crippen LogP contribution in [0.3, 0.4) is 0 Å². The summed E-state index contributed by atoms with van der Waals surface area (Å²) >= 11 is 0. The summed E-state index contributed by atoms with van der Waals surface area (Å²) < 4.78 is 0. The number of aromatic nitrogens is 1. The number of carbonyl (C=O) groups excluding carboxylic acids is 4. The molecule has 1 heterocycles. The van der Waals surface area contributed by atoms with Crippen molar-refractivity contribution < 1.29 is 19.2 Å². The van der Waals surface area contributed by atoms with Crippen LogP contribution in [0.4, 0.5) is 0 Å². The van der Waals surface area contributed by atoms with Crippen LogP contribution in [0.5, 0.6) is 0 Å². The quantitative estimate of drug-likeness (QED) is 0.219. The number of hydrogen-bond donors (Lipinski definition) is 5. The molecule has 0 aliphatic rings. The minimum absolute atomic E-state index is 0.0333. The van der Waals surface area contributed by atoms with E-state index in [0.717, 1.165) is 16.5 Å². The molecule has 42 heavy (non-hydrogen) atoms. The van der Waals surface area contributed by atoms with E-state index in [1.807, 2.05) is 85.9 Å². The Morgan fingerprint density at radius 2 is 1.31 bits per heavy atom. The van der Waals surface area contributed by atoms with Crippen molar-refractivity contribution in [2.24, 2.45) is 23.7 Å². The molecule has 0 spiro atoms. The molecule has 0 aliphatic heterocycles. The van der Waals surface area contributed by atoms with Gasteiger partial charge < -0.3 is 31.2 Å². The highest BCUT2D eigenvalue weighted by molar-refractivity contribution is 5.95. The Morgan fingerprint density at radius 1 is 0.762 bits per heavy atom. The third-order valence-corrected chi connectivity index (χ3v) is 7.77. The van der Waals surface area contributed by atoms with Crippen LogP contribution in [0.15, 0.2) is 30.5 Å². The molecule has 5 N–H and O–H groups in total. The van der Waals surface area contributed by atoms with E-state index in [2.05, 4.69) is 26.3 Å². The molecule has 0 radical (unpaired) electrons. The minimum atomic E-state index is -0.869. The molecule has 0 fully saturated rings. The van der Waals surface area contributed by atoms with Crippen LogP contribution in [0.2, 0.25) is 0 Å². The highest BCUT2D eigenvalue weighted by Gasteiger charge is 2.37. The lowest BCUT2D eigenvalue weighted by atomic mass is 9.96. The predicted molar refractivity (Wildman–Crippen MR) is 168 cm³/mol. The lowest BCUT2D eigenvalue weighted by Gasteiger charge is -2.35. The fraction of sp³-hybridized carbons (Fsp3) is 0.625. The summed E-state index contributed by atoms with van der Waals surface area (Å²) in [7, 11) is 3.32. The average molecular weight is 585 g/mol. The van der Waals surface area contributed by atoms with Crippen molar-refractivity contribution in [1.82, 2.24) is 31.2 Å². The van der Waals surface area contributed by atoms with Gasteiger partial charge in [0.25, 0.3) is 0 Å². The molecule has 1 aromatic carbocycles. The van der Waals surface area contributed by atoms with Gasteiger partial charge in [-0.05, 0) is 48.8 Å². The maximum atomic E-state index is 13.8. The first-order valence-corrected chi connectivity index (χ1v) is 15.1. The third-order valence-electron chi connectivity index (χ3n) is 7.77. The molecular formula is C32H52N6O4. The first-order valence-electron chi connectivity index (χ1n) is 15.1. The molecule has 0 saturated heterocycles. The first kappa shape index (κ1) is 34.8. The van der Waals surface area contributed by atoms with E-state index >= 15 is 0 Å². The number of rotatable bonds is 15. The molecule has 1 aromatic heterocycles. The van der Waals surface area contributed by atoms with Gasteiger partial charge in [0.2, 0.25) is 23.6 Å². The maximum absolute atomic E-state index is 13.8. The first-order chi connectivity index (χ1) is 19.7. The van der Waals surface area contributed by atoms with Gasteiger partial charge in [0.1, 0.15) is 18.1 Å². The summed E-state index contributed by atoms with van der Waals surface area (Å²) in [5, 5.41) is 12.9. The van der Waals surface area contributed by atoms with Crippen molar-refractivity contribution >= 4 is 34.5 Å². The molecule has 4 amide bonds. The van der Waals surface area contributed by atoms with Gasteiger partial charge in [-0.15, -0.1) is 0 Å². The third kappa shape index (κ3) is 8.80. The highest BCUT2D eigenvalue weighted by Crippen LogP contribution is 2.18. The summed E-state index contributed by atoms with van der Waals surface area (Å²) in [6.07, 6.45) is 2.60. The second kappa shape index (κ2) is 15.7. The standard InChI is InChI=1S/C32H52N6O4/c1-18(2)25(33-9)29(39)36-26(19(3)4)30(40)37-27(20(5)6)32(42)38(10)28(21(7)8)31(41)34-16-15-22-17-35-24-14-12-11-13-23(22)24/h11-14,17-21,25-28,33,35H,15-16H2,1-10H3,(H,34,41)(H,36,39)(H,37,40). The minimum Gasteiger partial charge on any atom is -0.361 e. The van der Waals surface area contributed by atoms with Crippen LogP contribution >= 0.6 is 0 Å². The van der Waals surface area contributed by atoms with Gasteiger partial charge in [-0.2, -0.15) is 0 Å². The van der Waals surface area contributed by atoms with E-state index < -0.39 is 30.1 Å². The summed E-state index contributed by atoms with van der Waals surface area (Å²) in [5.41, 5.74) is 2.16. The van der Waals surface area contributed by atoms with Gasteiger partial charge in [0.15, 0.2) is 0 Å². The number of H-pyrrole nitrogens is 1. The van der Waals surface area contributed by atoms with Crippen molar-refractivity contribution in [3.8, 4) is 0 Å². The second-order valence-corrected chi connectivity index (χ2v) is 12.5. The van der Waals surface area contributed by atoms with E-state index in [9.17, 15) is 19.2 Å². The fourth-order valence-electron chi connectivity index (χ4n) is 5.35. The van der Waals surface area contributed by atoms with Crippen LogP contribution in [0, 0.1) is 23.7 Å². The molecule has 10 heteroatoms. The van der Waals surface area contributed by atoms with Crippen LogP contribution < -0.4 is 21.3 Å². The number of nitrogens with one attached hydrogen (secondary N) is 5. The van der Waals surface area contributed by atoms with Crippen molar-refractivity contribution in [3.63, 3.8) is 0 Å². The molecule has 234 valence electrons. The second-order valence-electron chi connectivity index (χ2n) is 12.5. The summed E-state index contributed by atoms with van der Waals surface area (Å²) in [6, 6.07) is 5.16. The van der Waals surface area contributed by atoms with Gasteiger partial charge >= 0.3 is 0 Å². The Hall–Kier alpha value is -3.40. The number of para-hydroxylation sites is 1. The van der Waals surface area contributed by atoms with Crippen molar-refractivity contribution in [3.05, 3.63) is 36.0 Å². The lowest BCUT2D eigenvalue weighted by molar-refractivity contribution is -0.144. The predicted octanol–water partition coefficient (Wildman–Crippen LogP) is 2.84. The Balaban J connectivity index is 2.12. The van der Waals surface area contributed by atoms with Gasteiger partial charge in [0.05, 0.1) is 6.04 Å². The highest BCUT2D eigenvalue weighted by atomic mass is 16.2. The number of hydrogen-bond acceptors (Lipinski definition) is 5. The largest absolute Gasteiger partial charge is 0.361 e. The van der Waals surface area contributed by atoms with Crippen LogP contribution in [-0.4, -0.2) is 78.3 Å². The maximum Gasteiger partial charge on any atom is 0.245 e. The monoisotopic (exact) mass is 584 g/mol. The summed E-state index contributed by atoms with van der Waals surface area (Å²) in [4.78, 5) is 58.1. The van der Waals surface area contributed by atoms with Crippen LogP contribution in [0.25, 0.3) is 10.9 Å². The molecule has 0 bridgehead atoms. The molecule has 10 nitrogen and oxygen atoms in total. The van der Waals surface area contributed by atoms with Gasteiger partial charge in [-0.3, -0.25) is 19.2 Å². The number of carbonyl (C=O) groups is 4. The smallest absolute Gasteiger partial charge is 0.245 e. The lowest BCUT2D eigenvalue weighted by Crippen LogP contribution is -2.61. The Morgan fingerprint density at radius 3 is 1.86 bits per heavy atom. The Labute approximate surface area is 251 Å². The molecule has 4 unspecified atom stereocenters. The SMILES string of the molecule is CNC(C(=O)NC(C(=O)NC(C(=O)N(C)C(C(=O)NCCc1c[nH]c2ccccc12)C(C)C)C(C)C)C(C)C)C(C)C. The molecule has 0 aliphatic carbocycles. The zero-order valence-electron chi connectivity index (χ0n) is 27.0. The van der Waals surface area contributed by atoms with Crippen molar-refractivity contribution in [2.45, 2.75) is 86.0 Å². The van der Waals surface area contributed by atoms with Gasteiger partial charge in [0, 0.05) is 30.7 Å². The molecule has 0 saturated carbocycles. The summed E-state index contributed by atoms with van der Waals surface area (Å²) in [6.45, 7) is 15.5. The number of likely N-dealkylation sites (N-methyl/N-ethyl adjacent to an activating group) is 2. The molecule has 4 atom stereocenters. The Bertz CT molecular complexity index is 1200. The average Bonchev–Trinajstić information content (AvgIpc) is 3.32. The van der Waals surface area contributed by atoms with E-state index in [-0.39, 0.29) is 41.4 Å². The number of amides is 4. The number of benzene rings is 1. The number of fused-ring (bicyclic) bond motifs is 1. The van der Waals surface area contributed by atoms with E-state index in [4.69, 9.17) is 0 Å².